The third-order valence-corrected chi connectivity index (χ3v) is 6.74. The first-order chi connectivity index (χ1) is 20.2. The van der Waals surface area contributed by atoms with Crippen molar-refractivity contribution in [2.75, 3.05) is 10.6 Å². The Bertz CT molecular complexity index is 1870. The van der Waals surface area contributed by atoms with Gasteiger partial charge in [-0.3, -0.25) is 5.10 Å². The predicted octanol–water partition coefficient (Wildman–Crippen LogP) is 7.94. The Morgan fingerprint density at radius 1 is 0.953 bits per heavy atom. The second-order valence-corrected chi connectivity index (χ2v) is 12.7. The second-order valence-electron chi connectivity index (χ2n) is 12.3. The van der Waals surface area contributed by atoms with Crippen LogP contribution >= 0.6 is 11.6 Å². The zero-order valence-corrected chi connectivity index (χ0v) is 25.7. The molecular weight excluding hydrogens is 566 g/mol. The van der Waals surface area contributed by atoms with Crippen molar-refractivity contribution in [3.8, 4) is 17.5 Å². The summed E-state index contributed by atoms with van der Waals surface area (Å²) in [5.41, 5.74) is 4.96. The van der Waals surface area contributed by atoms with Gasteiger partial charge in [-0.2, -0.15) is 15.5 Å². The van der Waals surface area contributed by atoms with Crippen LogP contribution in [0, 0.1) is 18.3 Å². The Kier molecular flexibility index (Phi) is 7.54. The van der Waals surface area contributed by atoms with Gasteiger partial charge in [0.1, 0.15) is 11.6 Å². The smallest absolute Gasteiger partial charge is 0.320 e. The molecule has 3 heterocycles. The quantitative estimate of drug-likeness (QED) is 0.151. The Morgan fingerprint density at radius 3 is 2.26 bits per heavy atom. The van der Waals surface area contributed by atoms with Gasteiger partial charge in [-0.25, -0.2) is 4.79 Å². The van der Waals surface area contributed by atoms with E-state index in [1.54, 1.807) is 18.2 Å². The van der Waals surface area contributed by atoms with Crippen molar-refractivity contribution in [2.45, 2.75) is 59.3 Å². The molecule has 0 saturated heterocycles. The SMILES string of the molecule is Cc1cc(Cl)cc(NC(=O)Nc2ccc(-c3nn4nc(C(C)(C)C)c(N=Nc5[nH]nc(C(C)(C)C)c5C#N)c4[nH]3)cc2)c1. The number of carbonyl (C=O) groups excluding carboxylic acids is 1. The van der Waals surface area contributed by atoms with Crippen molar-refractivity contribution in [3.63, 3.8) is 0 Å². The van der Waals surface area contributed by atoms with Crippen molar-refractivity contribution in [2.24, 2.45) is 10.2 Å². The number of fused-ring (bicyclic) bond motifs is 1. The zero-order valence-electron chi connectivity index (χ0n) is 25.0. The van der Waals surface area contributed by atoms with E-state index in [1.165, 1.54) is 4.63 Å². The van der Waals surface area contributed by atoms with E-state index in [0.29, 0.717) is 50.5 Å². The van der Waals surface area contributed by atoms with Gasteiger partial charge in [0.25, 0.3) is 0 Å². The molecule has 0 bridgehead atoms. The van der Waals surface area contributed by atoms with Crippen LogP contribution in [0.3, 0.4) is 0 Å². The van der Waals surface area contributed by atoms with E-state index in [-0.39, 0.29) is 22.7 Å². The van der Waals surface area contributed by atoms with Crippen molar-refractivity contribution in [1.82, 2.24) is 30.0 Å². The highest BCUT2D eigenvalue weighted by Crippen LogP contribution is 2.36. The average Bonchev–Trinajstić information content (AvgIpc) is 3.59. The van der Waals surface area contributed by atoms with E-state index in [0.717, 1.165) is 11.1 Å². The number of urea groups is 1. The Balaban J connectivity index is 1.41. The molecule has 0 saturated carbocycles. The summed E-state index contributed by atoms with van der Waals surface area (Å²) in [7, 11) is 0. The minimum absolute atomic E-state index is 0.281. The molecule has 43 heavy (non-hydrogen) atoms. The molecule has 2 aromatic carbocycles. The molecule has 2 amide bonds. The van der Waals surface area contributed by atoms with Crippen LogP contribution in [0.2, 0.25) is 5.02 Å². The molecule has 0 radical (unpaired) electrons. The third-order valence-electron chi connectivity index (χ3n) is 6.52. The van der Waals surface area contributed by atoms with Crippen molar-refractivity contribution in [3.05, 3.63) is 70.0 Å². The van der Waals surface area contributed by atoms with Crippen LogP contribution in [0.5, 0.6) is 0 Å². The number of aromatic amines is 2. The summed E-state index contributed by atoms with van der Waals surface area (Å²) in [6, 6.07) is 14.4. The minimum atomic E-state index is -0.387. The van der Waals surface area contributed by atoms with E-state index in [2.05, 4.69) is 47.2 Å². The molecule has 12 nitrogen and oxygen atoms in total. The fourth-order valence-electron chi connectivity index (χ4n) is 4.51. The number of halogens is 1. The van der Waals surface area contributed by atoms with Gasteiger partial charge in [0.2, 0.25) is 0 Å². The normalized spacial score (nSPS) is 12.2. The summed E-state index contributed by atoms with van der Waals surface area (Å²) < 4.78 is 1.50. The van der Waals surface area contributed by atoms with E-state index in [9.17, 15) is 10.1 Å². The number of H-pyrrole nitrogens is 2. The van der Waals surface area contributed by atoms with Gasteiger partial charge in [0.05, 0.1) is 11.4 Å². The first-order valence-corrected chi connectivity index (χ1v) is 14.0. The van der Waals surface area contributed by atoms with Crippen molar-refractivity contribution in [1.29, 1.82) is 5.26 Å². The van der Waals surface area contributed by atoms with Crippen molar-refractivity contribution < 1.29 is 4.79 Å². The average molecular weight is 598 g/mol. The van der Waals surface area contributed by atoms with Gasteiger partial charge >= 0.3 is 6.03 Å². The summed E-state index contributed by atoms with van der Waals surface area (Å²) in [4.78, 5) is 15.8. The lowest BCUT2D eigenvalue weighted by molar-refractivity contribution is 0.262. The number of nitrogens with zero attached hydrogens (tertiary/aromatic N) is 7. The molecule has 5 rings (SSSR count). The number of carbonyl (C=O) groups is 1. The Morgan fingerprint density at radius 2 is 1.63 bits per heavy atom. The van der Waals surface area contributed by atoms with Crippen LogP contribution in [-0.2, 0) is 10.8 Å². The van der Waals surface area contributed by atoms with Gasteiger partial charge in [-0.1, -0.05) is 53.1 Å². The maximum Gasteiger partial charge on any atom is 0.323 e. The third kappa shape index (κ3) is 6.27. The second kappa shape index (κ2) is 11.0. The lowest BCUT2D eigenvalue weighted by Gasteiger charge is -2.15. The number of hydrogen-bond donors (Lipinski definition) is 4. The van der Waals surface area contributed by atoms with Crippen LogP contribution in [0.4, 0.5) is 27.7 Å². The maximum absolute atomic E-state index is 12.5. The fourth-order valence-corrected chi connectivity index (χ4v) is 4.80. The molecule has 0 atom stereocenters. The molecule has 5 aromatic rings. The number of rotatable bonds is 5. The van der Waals surface area contributed by atoms with Crippen LogP contribution in [0.1, 0.15) is 64.1 Å². The molecule has 3 aromatic heterocycles. The Labute approximate surface area is 253 Å². The monoisotopic (exact) mass is 597 g/mol. The summed E-state index contributed by atoms with van der Waals surface area (Å²) in [6.07, 6.45) is 0. The zero-order chi connectivity index (χ0) is 31.1. The minimum Gasteiger partial charge on any atom is -0.320 e. The van der Waals surface area contributed by atoms with Gasteiger partial charge in [-0.05, 0) is 55.0 Å². The molecular formula is C30H32ClN11O. The highest BCUT2D eigenvalue weighted by atomic mass is 35.5. The number of azo groups is 1. The summed E-state index contributed by atoms with van der Waals surface area (Å²) in [5.74, 6) is 0.836. The molecule has 4 N–H and O–H groups in total. The summed E-state index contributed by atoms with van der Waals surface area (Å²) in [5, 5.41) is 41.3. The van der Waals surface area contributed by atoms with Crippen LogP contribution < -0.4 is 10.6 Å². The van der Waals surface area contributed by atoms with Gasteiger partial charge in [0.15, 0.2) is 23.0 Å². The standard InChI is InChI=1S/C30H32ClN11O/c1-16-12-18(31)14-20(13-16)34-28(43)33-19-10-8-17(9-11-19)25-35-27-22(24(30(5,6)7)40-42(27)41-25)36-38-26-21(15-32)23(37-39-26)29(2,3)4/h8-14H,1-7H3,(H,35,41)(H,37,39)(H2,33,34,43). The molecule has 0 unspecified atom stereocenters. The number of anilines is 2. The molecule has 13 heteroatoms. The van der Waals surface area contributed by atoms with E-state index in [4.69, 9.17) is 16.7 Å². The molecule has 220 valence electrons. The lowest BCUT2D eigenvalue weighted by Crippen LogP contribution is -2.19. The summed E-state index contributed by atoms with van der Waals surface area (Å²) in [6.45, 7) is 13.9. The highest BCUT2D eigenvalue weighted by molar-refractivity contribution is 6.31. The topological polar surface area (TPSA) is 164 Å². The number of benzene rings is 2. The number of amides is 2. The van der Waals surface area contributed by atoms with Gasteiger partial charge in [-0.15, -0.1) is 20.0 Å². The van der Waals surface area contributed by atoms with E-state index >= 15 is 0 Å². The molecule has 0 aliphatic carbocycles. The van der Waals surface area contributed by atoms with Crippen LogP contribution in [-0.4, -0.2) is 36.0 Å². The van der Waals surface area contributed by atoms with Crippen molar-refractivity contribution >= 4 is 46.2 Å². The molecule has 0 fully saturated rings. The number of aromatic nitrogens is 6. The van der Waals surface area contributed by atoms with Crippen LogP contribution in [0.15, 0.2) is 52.7 Å². The molecule has 0 aliphatic rings. The van der Waals surface area contributed by atoms with Crippen LogP contribution in [0.25, 0.3) is 17.0 Å². The molecule has 0 spiro atoms. The van der Waals surface area contributed by atoms with Gasteiger partial charge < -0.3 is 15.6 Å². The fraction of sp³-hybridized carbons (Fsp3) is 0.300. The highest BCUT2D eigenvalue weighted by Gasteiger charge is 2.28. The lowest BCUT2D eigenvalue weighted by atomic mass is 9.90. The summed E-state index contributed by atoms with van der Waals surface area (Å²) >= 11 is 6.09. The Hall–Kier alpha value is -5.02. The molecule has 0 aliphatic heterocycles. The maximum atomic E-state index is 12.5. The number of aryl methyl sites for hydroxylation is 1. The largest absolute Gasteiger partial charge is 0.323 e. The number of nitrogens with one attached hydrogen (secondary N) is 4. The van der Waals surface area contributed by atoms with E-state index < -0.39 is 0 Å². The number of hydrogen-bond acceptors (Lipinski definition) is 7. The predicted molar refractivity (Wildman–Crippen MR) is 166 cm³/mol. The number of nitriles is 1. The first kappa shape index (κ1) is 29.5. The first-order valence-electron chi connectivity index (χ1n) is 13.6. The van der Waals surface area contributed by atoms with E-state index in [1.807, 2.05) is 72.7 Å². The van der Waals surface area contributed by atoms with Gasteiger partial charge in [0, 0.05) is 32.8 Å².